The van der Waals surface area contributed by atoms with E-state index in [4.69, 9.17) is 0 Å². The minimum Gasteiger partial charge on any atom is -0.316 e. The van der Waals surface area contributed by atoms with Crippen LogP contribution in [0.25, 0.3) is 0 Å². The Kier molecular flexibility index (Phi) is 4.64. The second kappa shape index (κ2) is 6.09. The molecule has 1 aliphatic heterocycles. The fraction of sp³-hybridized carbons (Fsp3) is 0.611. The molecule has 1 fully saturated rings. The number of benzene rings is 1. The van der Waals surface area contributed by atoms with Crippen LogP contribution in [0.15, 0.2) is 18.2 Å². The number of carbonyl (C=O) groups is 1. The molecule has 1 N–H and O–H groups in total. The molecule has 0 spiro atoms. The van der Waals surface area contributed by atoms with Crippen molar-refractivity contribution in [2.75, 3.05) is 13.1 Å². The molecule has 1 unspecified atom stereocenters. The van der Waals surface area contributed by atoms with Gasteiger partial charge < -0.3 is 5.32 Å². The van der Waals surface area contributed by atoms with Gasteiger partial charge >= 0.3 is 0 Å². The number of ketones is 1. The normalized spacial score (nSPS) is 19.9. The van der Waals surface area contributed by atoms with Crippen molar-refractivity contribution in [3.8, 4) is 0 Å². The van der Waals surface area contributed by atoms with E-state index < -0.39 is 0 Å². The lowest BCUT2D eigenvalue weighted by molar-refractivity contribution is -0.129. The Labute approximate surface area is 123 Å². The largest absolute Gasteiger partial charge is 0.316 e. The molecule has 1 aromatic rings. The molecule has 1 aromatic carbocycles. The zero-order chi connectivity index (χ0) is 14.8. The standard InChI is InChI=1S/C18H27NO/c1-13-7-8-15(10-14(13)2)11-17(20)18(3,4)16-6-5-9-19-12-16/h7-8,10,16,19H,5-6,9,11-12H2,1-4H3. The maximum atomic E-state index is 12.7. The van der Waals surface area contributed by atoms with Gasteiger partial charge in [0.15, 0.2) is 0 Å². The summed E-state index contributed by atoms with van der Waals surface area (Å²) >= 11 is 0. The number of Topliss-reactive ketones (excluding diaryl/α,β-unsaturated/α-hetero) is 1. The Bertz CT molecular complexity index is 484. The maximum absolute atomic E-state index is 12.7. The molecule has 0 saturated carbocycles. The van der Waals surface area contributed by atoms with Crippen LogP contribution in [0.4, 0.5) is 0 Å². The molecule has 2 heteroatoms. The second-order valence-electron chi connectivity index (χ2n) is 6.78. The number of carbonyl (C=O) groups excluding carboxylic acids is 1. The number of nitrogens with one attached hydrogen (secondary N) is 1. The van der Waals surface area contributed by atoms with Crippen molar-refractivity contribution < 1.29 is 4.79 Å². The number of piperidine rings is 1. The first-order valence-corrected chi connectivity index (χ1v) is 7.71. The molecule has 2 rings (SSSR count). The van der Waals surface area contributed by atoms with Crippen molar-refractivity contribution in [1.29, 1.82) is 0 Å². The predicted octanol–water partition coefficient (Wildman–Crippen LogP) is 3.44. The van der Waals surface area contributed by atoms with Crippen LogP contribution >= 0.6 is 0 Å². The van der Waals surface area contributed by atoms with Gasteiger partial charge in [-0.25, -0.2) is 0 Å². The quantitative estimate of drug-likeness (QED) is 0.910. The molecule has 1 aliphatic rings. The van der Waals surface area contributed by atoms with Gasteiger partial charge in [0, 0.05) is 11.8 Å². The van der Waals surface area contributed by atoms with Gasteiger partial charge in [0.1, 0.15) is 5.78 Å². The topological polar surface area (TPSA) is 29.1 Å². The first-order valence-electron chi connectivity index (χ1n) is 7.71. The molecule has 0 radical (unpaired) electrons. The first kappa shape index (κ1) is 15.2. The average Bonchev–Trinajstić information content (AvgIpc) is 2.44. The SMILES string of the molecule is Cc1ccc(CC(=O)C(C)(C)C2CCCNC2)cc1C. The fourth-order valence-corrected chi connectivity index (χ4v) is 3.02. The maximum Gasteiger partial charge on any atom is 0.143 e. The van der Waals surface area contributed by atoms with Gasteiger partial charge in [0.25, 0.3) is 0 Å². The lowest BCUT2D eigenvalue weighted by Crippen LogP contribution is -2.43. The molecule has 110 valence electrons. The highest BCUT2D eigenvalue weighted by molar-refractivity contribution is 5.86. The summed E-state index contributed by atoms with van der Waals surface area (Å²) in [4.78, 5) is 12.7. The molecule has 1 heterocycles. The van der Waals surface area contributed by atoms with E-state index >= 15 is 0 Å². The summed E-state index contributed by atoms with van der Waals surface area (Å²) in [7, 11) is 0. The third kappa shape index (κ3) is 3.29. The van der Waals surface area contributed by atoms with E-state index in [0.29, 0.717) is 18.1 Å². The molecule has 0 bridgehead atoms. The van der Waals surface area contributed by atoms with E-state index in [1.165, 1.54) is 24.0 Å². The Balaban J connectivity index is 2.07. The van der Waals surface area contributed by atoms with E-state index in [1.807, 2.05) is 0 Å². The van der Waals surface area contributed by atoms with Crippen molar-refractivity contribution in [1.82, 2.24) is 5.32 Å². The number of hydrogen-bond donors (Lipinski definition) is 1. The predicted molar refractivity (Wildman–Crippen MR) is 84.0 cm³/mol. The minimum atomic E-state index is -0.230. The zero-order valence-electron chi connectivity index (χ0n) is 13.3. The average molecular weight is 273 g/mol. The van der Waals surface area contributed by atoms with E-state index in [0.717, 1.165) is 18.7 Å². The van der Waals surface area contributed by atoms with Crippen molar-refractivity contribution >= 4 is 5.78 Å². The third-order valence-corrected chi connectivity index (χ3v) is 4.97. The molecule has 0 aliphatic carbocycles. The Morgan fingerprint density at radius 1 is 1.30 bits per heavy atom. The van der Waals surface area contributed by atoms with Gasteiger partial charge in [-0.3, -0.25) is 4.79 Å². The van der Waals surface area contributed by atoms with Crippen molar-refractivity contribution in [2.24, 2.45) is 11.3 Å². The third-order valence-electron chi connectivity index (χ3n) is 4.97. The minimum absolute atomic E-state index is 0.230. The smallest absolute Gasteiger partial charge is 0.143 e. The van der Waals surface area contributed by atoms with E-state index in [-0.39, 0.29) is 5.41 Å². The summed E-state index contributed by atoms with van der Waals surface area (Å²) in [6, 6.07) is 6.37. The van der Waals surface area contributed by atoms with Gasteiger partial charge in [0.05, 0.1) is 0 Å². The second-order valence-corrected chi connectivity index (χ2v) is 6.78. The summed E-state index contributed by atoms with van der Waals surface area (Å²) in [5, 5.41) is 3.42. The van der Waals surface area contributed by atoms with Gasteiger partial charge in [-0.15, -0.1) is 0 Å². The van der Waals surface area contributed by atoms with E-state index in [2.05, 4.69) is 51.2 Å². The Morgan fingerprint density at radius 3 is 2.65 bits per heavy atom. The summed E-state index contributed by atoms with van der Waals surface area (Å²) in [5.41, 5.74) is 3.48. The van der Waals surface area contributed by atoms with Crippen LogP contribution in [0.2, 0.25) is 0 Å². The lowest BCUT2D eigenvalue weighted by Gasteiger charge is -2.36. The van der Waals surface area contributed by atoms with Crippen LogP contribution < -0.4 is 5.32 Å². The highest BCUT2D eigenvalue weighted by Crippen LogP contribution is 2.33. The Morgan fingerprint density at radius 2 is 2.05 bits per heavy atom. The van der Waals surface area contributed by atoms with Crippen molar-refractivity contribution in [3.63, 3.8) is 0 Å². The molecule has 2 nitrogen and oxygen atoms in total. The molecule has 1 saturated heterocycles. The fourth-order valence-electron chi connectivity index (χ4n) is 3.02. The van der Waals surface area contributed by atoms with E-state index in [1.54, 1.807) is 0 Å². The van der Waals surface area contributed by atoms with Crippen LogP contribution in [0.1, 0.15) is 43.4 Å². The van der Waals surface area contributed by atoms with Gasteiger partial charge in [0.2, 0.25) is 0 Å². The summed E-state index contributed by atoms with van der Waals surface area (Å²) < 4.78 is 0. The zero-order valence-corrected chi connectivity index (χ0v) is 13.3. The number of hydrogen-bond acceptors (Lipinski definition) is 2. The van der Waals surface area contributed by atoms with Gasteiger partial charge in [-0.05, 0) is 62.4 Å². The van der Waals surface area contributed by atoms with Crippen LogP contribution in [-0.2, 0) is 11.2 Å². The van der Waals surface area contributed by atoms with Gasteiger partial charge in [-0.2, -0.15) is 0 Å². The van der Waals surface area contributed by atoms with Crippen LogP contribution in [0.5, 0.6) is 0 Å². The highest BCUT2D eigenvalue weighted by atomic mass is 16.1. The lowest BCUT2D eigenvalue weighted by atomic mass is 9.71. The molecule has 20 heavy (non-hydrogen) atoms. The molecular formula is C18H27NO. The van der Waals surface area contributed by atoms with Crippen LogP contribution in [-0.4, -0.2) is 18.9 Å². The molecule has 0 amide bonds. The number of aryl methyl sites for hydroxylation is 2. The van der Waals surface area contributed by atoms with Crippen LogP contribution in [0.3, 0.4) is 0 Å². The monoisotopic (exact) mass is 273 g/mol. The molecular weight excluding hydrogens is 246 g/mol. The van der Waals surface area contributed by atoms with Crippen molar-refractivity contribution in [3.05, 3.63) is 34.9 Å². The first-order chi connectivity index (χ1) is 9.41. The van der Waals surface area contributed by atoms with Crippen LogP contribution in [0, 0.1) is 25.2 Å². The molecule has 1 atom stereocenters. The summed E-state index contributed by atoms with van der Waals surface area (Å²) in [6.07, 6.45) is 2.91. The Hall–Kier alpha value is -1.15. The number of rotatable bonds is 4. The summed E-state index contributed by atoms with van der Waals surface area (Å²) in [6.45, 7) is 10.5. The van der Waals surface area contributed by atoms with Gasteiger partial charge in [-0.1, -0.05) is 32.0 Å². The summed E-state index contributed by atoms with van der Waals surface area (Å²) in [5.74, 6) is 0.838. The highest BCUT2D eigenvalue weighted by Gasteiger charge is 2.36. The van der Waals surface area contributed by atoms with E-state index in [9.17, 15) is 4.79 Å². The van der Waals surface area contributed by atoms with Crippen molar-refractivity contribution in [2.45, 2.75) is 47.0 Å². The molecule has 0 aromatic heterocycles.